The van der Waals surface area contributed by atoms with Gasteiger partial charge in [0.05, 0.1) is 12.6 Å². The standard InChI is InChI=1S/C25H32N6O2S/c1-30(2)23-21-6-4-5-7-22(21)28-24(29-23)27-18-10-12-19(13-11-18)31(34)25(32)26-16-17-8-14-20(33-3)15-9-17/h4-9,14-15,18-19,34H,10-13,16H2,1-3H3,(H,26,32)(H,27,28,29). The average molecular weight is 481 g/mol. The Labute approximate surface area is 206 Å². The van der Waals surface area contributed by atoms with Crippen molar-refractivity contribution in [2.75, 3.05) is 31.4 Å². The first-order valence-electron chi connectivity index (χ1n) is 11.5. The Hall–Kier alpha value is -3.20. The second-order valence-corrected chi connectivity index (χ2v) is 9.21. The van der Waals surface area contributed by atoms with E-state index in [4.69, 9.17) is 14.7 Å². The van der Waals surface area contributed by atoms with Crippen LogP contribution in [0.5, 0.6) is 5.75 Å². The van der Waals surface area contributed by atoms with Gasteiger partial charge in [-0.15, -0.1) is 0 Å². The first-order valence-corrected chi connectivity index (χ1v) is 11.9. The fourth-order valence-corrected chi connectivity index (χ4v) is 4.58. The van der Waals surface area contributed by atoms with Gasteiger partial charge in [0.1, 0.15) is 11.6 Å². The molecule has 0 atom stereocenters. The number of fused-ring (bicyclic) bond motifs is 1. The number of aromatic nitrogens is 2. The molecule has 1 heterocycles. The highest BCUT2D eigenvalue weighted by Gasteiger charge is 2.28. The van der Waals surface area contributed by atoms with E-state index >= 15 is 0 Å². The Morgan fingerprint density at radius 2 is 1.76 bits per heavy atom. The summed E-state index contributed by atoms with van der Waals surface area (Å²) < 4.78 is 6.71. The molecule has 2 amide bonds. The number of ether oxygens (including phenoxy) is 1. The SMILES string of the molecule is COc1ccc(CNC(=O)N(S)C2CCC(Nc3nc(N(C)C)c4ccccc4n3)CC2)cc1. The van der Waals surface area contributed by atoms with Gasteiger partial charge in [-0.1, -0.05) is 37.1 Å². The first-order chi connectivity index (χ1) is 16.4. The van der Waals surface area contributed by atoms with Crippen molar-refractivity contribution in [2.24, 2.45) is 0 Å². The van der Waals surface area contributed by atoms with E-state index in [2.05, 4.69) is 23.4 Å². The summed E-state index contributed by atoms with van der Waals surface area (Å²) in [6.07, 6.45) is 3.57. The van der Waals surface area contributed by atoms with E-state index in [1.165, 1.54) is 4.31 Å². The summed E-state index contributed by atoms with van der Waals surface area (Å²) in [5.74, 6) is 2.34. The smallest absolute Gasteiger partial charge is 0.327 e. The third-order valence-corrected chi connectivity index (χ3v) is 6.70. The second-order valence-electron chi connectivity index (χ2n) is 8.78. The summed E-state index contributed by atoms with van der Waals surface area (Å²) in [5, 5.41) is 7.49. The molecule has 0 spiro atoms. The van der Waals surface area contributed by atoms with Crippen LogP contribution in [-0.4, -0.2) is 53.6 Å². The van der Waals surface area contributed by atoms with Gasteiger partial charge >= 0.3 is 6.03 Å². The van der Waals surface area contributed by atoms with Crippen LogP contribution in [0, 0.1) is 0 Å². The molecule has 0 bridgehead atoms. The Kier molecular flexibility index (Phi) is 7.62. The van der Waals surface area contributed by atoms with Gasteiger partial charge in [0.15, 0.2) is 0 Å². The number of urea groups is 1. The van der Waals surface area contributed by atoms with Crippen molar-refractivity contribution in [1.82, 2.24) is 19.6 Å². The quantitative estimate of drug-likeness (QED) is 0.433. The zero-order valence-corrected chi connectivity index (χ0v) is 20.8. The number of hydrogen-bond donors (Lipinski definition) is 3. The van der Waals surface area contributed by atoms with Crippen LogP contribution in [0.3, 0.4) is 0 Å². The van der Waals surface area contributed by atoms with Crippen LogP contribution in [0.2, 0.25) is 0 Å². The maximum absolute atomic E-state index is 12.6. The molecule has 2 N–H and O–H groups in total. The number of methoxy groups -OCH3 is 1. The van der Waals surface area contributed by atoms with Crippen LogP contribution in [0.15, 0.2) is 48.5 Å². The molecule has 1 aliphatic rings. The second kappa shape index (κ2) is 10.8. The molecule has 2 aromatic carbocycles. The number of nitrogens with one attached hydrogen (secondary N) is 2. The van der Waals surface area contributed by atoms with Crippen molar-refractivity contribution >= 4 is 41.5 Å². The average Bonchev–Trinajstić information content (AvgIpc) is 2.87. The van der Waals surface area contributed by atoms with Gasteiger partial charge in [0.2, 0.25) is 5.95 Å². The van der Waals surface area contributed by atoms with E-state index < -0.39 is 0 Å². The predicted molar refractivity (Wildman–Crippen MR) is 140 cm³/mol. The Bertz CT molecular complexity index is 1120. The highest BCUT2D eigenvalue weighted by Crippen LogP contribution is 2.28. The maximum Gasteiger partial charge on any atom is 0.327 e. The summed E-state index contributed by atoms with van der Waals surface area (Å²) in [6, 6.07) is 15.9. The van der Waals surface area contributed by atoms with E-state index in [0.29, 0.717) is 12.5 Å². The van der Waals surface area contributed by atoms with Crippen molar-refractivity contribution in [3.8, 4) is 5.75 Å². The van der Waals surface area contributed by atoms with E-state index in [0.717, 1.165) is 53.7 Å². The number of hydrogen-bond acceptors (Lipinski definition) is 7. The molecule has 34 heavy (non-hydrogen) atoms. The van der Waals surface area contributed by atoms with Gasteiger partial charge in [0.25, 0.3) is 0 Å². The van der Waals surface area contributed by atoms with Crippen LogP contribution in [0.25, 0.3) is 10.9 Å². The molecule has 0 aliphatic heterocycles. The van der Waals surface area contributed by atoms with Crippen LogP contribution >= 0.6 is 12.8 Å². The van der Waals surface area contributed by atoms with Crippen molar-refractivity contribution < 1.29 is 9.53 Å². The molecule has 9 heteroatoms. The minimum Gasteiger partial charge on any atom is -0.497 e. The predicted octanol–water partition coefficient (Wildman–Crippen LogP) is 4.48. The lowest BCUT2D eigenvalue weighted by molar-refractivity contribution is 0.204. The van der Waals surface area contributed by atoms with Crippen molar-refractivity contribution in [2.45, 2.75) is 44.3 Å². The molecular weight excluding hydrogens is 448 g/mol. The van der Waals surface area contributed by atoms with Crippen LogP contribution in [0.4, 0.5) is 16.6 Å². The minimum atomic E-state index is -0.177. The van der Waals surface area contributed by atoms with E-state index in [1.54, 1.807) is 7.11 Å². The number of benzene rings is 2. The molecule has 1 aromatic heterocycles. The monoisotopic (exact) mass is 480 g/mol. The number of carbonyl (C=O) groups is 1. The van der Waals surface area contributed by atoms with Crippen LogP contribution < -0.4 is 20.3 Å². The third kappa shape index (κ3) is 5.64. The maximum atomic E-state index is 12.6. The van der Waals surface area contributed by atoms with Gasteiger partial charge in [-0.3, -0.25) is 4.31 Å². The van der Waals surface area contributed by atoms with Gasteiger partial charge in [-0.25, -0.2) is 9.78 Å². The minimum absolute atomic E-state index is 0.0899. The lowest BCUT2D eigenvalue weighted by atomic mass is 9.91. The first kappa shape index (κ1) is 23.9. The fraction of sp³-hybridized carbons (Fsp3) is 0.400. The van der Waals surface area contributed by atoms with Gasteiger partial charge < -0.3 is 20.3 Å². The Morgan fingerprint density at radius 1 is 1.06 bits per heavy atom. The lowest BCUT2D eigenvalue weighted by Gasteiger charge is -2.34. The largest absolute Gasteiger partial charge is 0.497 e. The summed E-state index contributed by atoms with van der Waals surface area (Å²) >= 11 is 4.50. The zero-order valence-electron chi connectivity index (χ0n) is 19.9. The molecule has 0 unspecified atom stereocenters. The summed E-state index contributed by atoms with van der Waals surface area (Å²) in [7, 11) is 5.62. The molecule has 1 fully saturated rings. The van der Waals surface area contributed by atoms with Crippen molar-refractivity contribution in [3.05, 3.63) is 54.1 Å². The van der Waals surface area contributed by atoms with E-state index in [9.17, 15) is 4.79 Å². The van der Waals surface area contributed by atoms with E-state index in [1.807, 2.05) is 67.5 Å². The zero-order chi connectivity index (χ0) is 24.1. The molecule has 4 rings (SSSR count). The molecular formula is C25H32N6O2S. The van der Waals surface area contributed by atoms with Crippen LogP contribution in [0.1, 0.15) is 31.2 Å². The number of para-hydroxylation sites is 1. The molecule has 180 valence electrons. The number of nitrogens with zero attached hydrogens (tertiary/aromatic N) is 4. The number of anilines is 2. The van der Waals surface area contributed by atoms with Crippen LogP contribution in [-0.2, 0) is 6.54 Å². The summed E-state index contributed by atoms with van der Waals surface area (Å²) in [6.45, 7) is 0.449. The topological polar surface area (TPSA) is 82.6 Å². The molecule has 1 saturated carbocycles. The Balaban J connectivity index is 1.30. The molecule has 0 saturated heterocycles. The van der Waals surface area contributed by atoms with Gasteiger partial charge in [0, 0.05) is 38.1 Å². The molecule has 0 radical (unpaired) electrons. The highest BCUT2D eigenvalue weighted by atomic mass is 32.1. The van der Waals surface area contributed by atoms with Gasteiger partial charge in [-0.05, 0) is 55.5 Å². The number of rotatable bonds is 7. The van der Waals surface area contributed by atoms with Crippen molar-refractivity contribution in [3.63, 3.8) is 0 Å². The number of thiol groups is 1. The molecule has 8 nitrogen and oxygen atoms in total. The highest BCUT2D eigenvalue weighted by molar-refractivity contribution is 7.78. The molecule has 3 aromatic rings. The summed E-state index contributed by atoms with van der Waals surface area (Å²) in [4.78, 5) is 24.1. The Morgan fingerprint density at radius 3 is 2.44 bits per heavy atom. The van der Waals surface area contributed by atoms with Gasteiger partial charge in [-0.2, -0.15) is 4.98 Å². The normalized spacial score (nSPS) is 17.8. The number of amides is 2. The molecule has 1 aliphatic carbocycles. The van der Waals surface area contributed by atoms with Crippen molar-refractivity contribution in [1.29, 1.82) is 0 Å². The lowest BCUT2D eigenvalue weighted by Crippen LogP contribution is -2.43. The number of carbonyl (C=O) groups excluding carboxylic acids is 1. The fourth-order valence-electron chi connectivity index (χ4n) is 4.28. The third-order valence-electron chi connectivity index (χ3n) is 6.19. The van der Waals surface area contributed by atoms with E-state index in [-0.39, 0.29) is 18.1 Å². The summed E-state index contributed by atoms with van der Waals surface area (Å²) in [5.41, 5.74) is 1.93.